The molecule has 0 unspecified atom stereocenters. The Morgan fingerprint density at radius 3 is 2.81 bits per heavy atom. The second-order valence-corrected chi connectivity index (χ2v) is 4.29. The molecule has 0 bridgehead atoms. The molecular weight excluding hydrogens is 296 g/mol. The van der Waals surface area contributed by atoms with E-state index in [4.69, 9.17) is 11.6 Å². The van der Waals surface area contributed by atoms with E-state index in [0.717, 1.165) is 0 Å². The minimum absolute atomic E-state index is 0.274. The van der Waals surface area contributed by atoms with E-state index in [1.165, 1.54) is 6.07 Å². The van der Waals surface area contributed by atoms with E-state index in [1.807, 2.05) is 0 Å². The summed E-state index contributed by atoms with van der Waals surface area (Å²) in [4.78, 5) is 0. The summed E-state index contributed by atoms with van der Waals surface area (Å²) < 4.78 is 15.5. The van der Waals surface area contributed by atoms with Crippen molar-refractivity contribution in [3.63, 3.8) is 0 Å². The standard InChI is InChI=1S/C10H8BrClFN3/c1-16-8(5-12)14-15-10(16)6-3-2-4-7(13)9(6)11/h2-4H,5H2,1H3. The lowest BCUT2D eigenvalue weighted by molar-refractivity contribution is 0.621. The van der Waals surface area contributed by atoms with Gasteiger partial charge >= 0.3 is 0 Å². The van der Waals surface area contributed by atoms with Crippen molar-refractivity contribution in [2.24, 2.45) is 7.05 Å². The van der Waals surface area contributed by atoms with Crippen LogP contribution in [-0.2, 0) is 12.9 Å². The summed E-state index contributed by atoms with van der Waals surface area (Å²) in [5, 5.41) is 7.91. The van der Waals surface area contributed by atoms with Gasteiger partial charge in [-0.15, -0.1) is 21.8 Å². The van der Waals surface area contributed by atoms with Crippen LogP contribution >= 0.6 is 27.5 Å². The summed E-state index contributed by atoms with van der Waals surface area (Å²) in [5.41, 5.74) is 0.659. The smallest absolute Gasteiger partial charge is 0.164 e. The van der Waals surface area contributed by atoms with Gasteiger partial charge in [0.25, 0.3) is 0 Å². The normalized spacial score (nSPS) is 10.8. The van der Waals surface area contributed by atoms with Gasteiger partial charge in [0.2, 0.25) is 0 Å². The summed E-state index contributed by atoms with van der Waals surface area (Å²) in [6, 6.07) is 4.78. The van der Waals surface area contributed by atoms with E-state index in [1.54, 1.807) is 23.7 Å². The van der Waals surface area contributed by atoms with E-state index in [-0.39, 0.29) is 11.7 Å². The molecule has 2 aromatic rings. The number of benzene rings is 1. The number of rotatable bonds is 2. The number of halogens is 3. The zero-order chi connectivity index (χ0) is 11.7. The molecule has 0 aliphatic heterocycles. The molecule has 1 aromatic heterocycles. The molecule has 1 heterocycles. The van der Waals surface area contributed by atoms with E-state index in [0.29, 0.717) is 21.7 Å². The molecule has 0 fully saturated rings. The van der Waals surface area contributed by atoms with E-state index in [2.05, 4.69) is 26.1 Å². The highest BCUT2D eigenvalue weighted by molar-refractivity contribution is 9.10. The summed E-state index contributed by atoms with van der Waals surface area (Å²) in [5.74, 6) is 1.18. The van der Waals surface area contributed by atoms with Gasteiger partial charge in [0.15, 0.2) is 5.82 Å². The fraction of sp³-hybridized carbons (Fsp3) is 0.200. The third-order valence-electron chi connectivity index (χ3n) is 2.28. The second-order valence-electron chi connectivity index (χ2n) is 3.23. The van der Waals surface area contributed by atoms with Crippen molar-refractivity contribution in [1.29, 1.82) is 0 Å². The molecule has 84 valence electrons. The minimum atomic E-state index is -0.326. The van der Waals surface area contributed by atoms with Crippen molar-refractivity contribution in [3.05, 3.63) is 34.3 Å². The van der Waals surface area contributed by atoms with Crippen molar-refractivity contribution < 1.29 is 4.39 Å². The first-order valence-electron chi connectivity index (χ1n) is 4.53. The highest BCUT2D eigenvalue weighted by Gasteiger charge is 2.14. The Balaban J connectivity index is 2.59. The van der Waals surface area contributed by atoms with E-state index < -0.39 is 0 Å². The van der Waals surface area contributed by atoms with Gasteiger partial charge < -0.3 is 4.57 Å². The molecule has 0 N–H and O–H groups in total. The minimum Gasteiger partial charge on any atom is -0.313 e. The predicted molar refractivity (Wildman–Crippen MR) is 63.7 cm³/mol. The lowest BCUT2D eigenvalue weighted by Gasteiger charge is -2.05. The topological polar surface area (TPSA) is 30.7 Å². The molecule has 0 saturated carbocycles. The molecule has 16 heavy (non-hydrogen) atoms. The van der Waals surface area contributed by atoms with Crippen LogP contribution in [0.1, 0.15) is 5.82 Å². The van der Waals surface area contributed by atoms with Crippen LogP contribution in [0.15, 0.2) is 22.7 Å². The Morgan fingerprint density at radius 2 is 2.19 bits per heavy atom. The lowest BCUT2D eigenvalue weighted by Crippen LogP contribution is -1.98. The number of hydrogen-bond acceptors (Lipinski definition) is 2. The van der Waals surface area contributed by atoms with Gasteiger partial charge in [-0.1, -0.05) is 6.07 Å². The van der Waals surface area contributed by atoms with Crippen LogP contribution < -0.4 is 0 Å². The molecule has 6 heteroatoms. The Labute approximate surface area is 105 Å². The van der Waals surface area contributed by atoms with Crippen LogP contribution in [0.5, 0.6) is 0 Å². The fourth-order valence-corrected chi connectivity index (χ4v) is 2.06. The van der Waals surface area contributed by atoms with Gasteiger partial charge in [0, 0.05) is 12.6 Å². The first-order valence-corrected chi connectivity index (χ1v) is 5.86. The first kappa shape index (κ1) is 11.5. The van der Waals surface area contributed by atoms with Gasteiger partial charge in [0.05, 0.1) is 10.4 Å². The maximum Gasteiger partial charge on any atom is 0.164 e. The van der Waals surface area contributed by atoms with Crippen LogP contribution in [0.2, 0.25) is 0 Å². The van der Waals surface area contributed by atoms with Gasteiger partial charge in [-0.05, 0) is 28.1 Å². The average molecular weight is 305 g/mol. The van der Waals surface area contributed by atoms with Crippen LogP contribution in [0.4, 0.5) is 4.39 Å². The van der Waals surface area contributed by atoms with Crippen LogP contribution in [0.25, 0.3) is 11.4 Å². The Bertz CT molecular complexity index is 527. The van der Waals surface area contributed by atoms with Crippen molar-refractivity contribution in [2.45, 2.75) is 5.88 Å². The molecular formula is C10H8BrClFN3. The predicted octanol–water partition coefficient (Wildman–Crippen LogP) is 3.12. The summed E-state index contributed by atoms with van der Waals surface area (Å²) in [7, 11) is 1.80. The molecule has 0 aliphatic rings. The first-order chi connectivity index (χ1) is 7.65. The summed E-state index contributed by atoms with van der Waals surface area (Å²) in [6.07, 6.45) is 0. The Morgan fingerprint density at radius 1 is 1.44 bits per heavy atom. The number of alkyl halides is 1. The number of aromatic nitrogens is 3. The monoisotopic (exact) mass is 303 g/mol. The molecule has 0 saturated heterocycles. The summed E-state index contributed by atoms with van der Waals surface area (Å²) in [6.45, 7) is 0. The van der Waals surface area contributed by atoms with Crippen molar-refractivity contribution in [3.8, 4) is 11.4 Å². The lowest BCUT2D eigenvalue weighted by atomic mass is 10.2. The van der Waals surface area contributed by atoms with E-state index in [9.17, 15) is 4.39 Å². The maximum atomic E-state index is 13.4. The molecule has 0 aliphatic carbocycles. The van der Waals surface area contributed by atoms with Crippen LogP contribution in [-0.4, -0.2) is 14.8 Å². The van der Waals surface area contributed by atoms with Gasteiger partial charge in [-0.2, -0.15) is 0 Å². The van der Waals surface area contributed by atoms with Crippen molar-refractivity contribution in [1.82, 2.24) is 14.8 Å². The Kier molecular flexibility index (Phi) is 3.25. The summed E-state index contributed by atoms with van der Waals surface area (Å²) >= 11 is 8.89. The van der Waals surface area contributed by atoms with Crippen molar-refractivity contribution >= 4 is 27.5 Å². The molecule has 1 aromatic carbocycles. The zero-order valence-electron chi connectivity index (χ0n) is 8.41. The molecule has 0 radical (unpaired) electrons. The third-order valence-corrected chi connectivity index (χ3v) is 3.32. The van der Waals surface area contributed by atoms with Crippen LogP contribution in [0, 0.1) is 5.82 Å². The maximum absolute atomic E-state index is 13.4. The second kappa shape index (κ2) is 4.51. The largest absolute Gasteiger partial charge is 0.313 e. The number of nitrogens with zero attached hydrogens (tertiary/aromatic N) is 3. The van der Waals surface area contributed by atoms with Crippen LogP contribution in [0.3, 0.4) is 0 Å². The average Bonchev–Trinajstić information content (AvgIpc) is 2.64. The zero-order valence-corrected chi connectivity index (χ0v) is 10.8. The highest BCUT2D eigenvalue weighted by atomic mass is 79.9. The van der Waals surface area contributed by atoms with Gasteiger partial charge in [-0.25, -0.2) is 4.39 Å². The third kappa shape index (κ3) is 1.85. The van der Waals surface area contributed by atoms with Gasteiger partial charge in [0.1, 0.15) is 11.6 Å². The van der Waals surface area contributed by atoms with Gasteiger partial charge in [-0.3, -0.25) is 0 Å². The molecule has 0 amide bonds. The number of hydrogen-bond donors (Lipinski definition) is 0. The Hall–Kier alpha value is -0.940. The highest BCUT2D eigenvalue weighted by Crippen LogP contribution is 2.29. The molecule has 0 atom stereocenters. The van der Waals surface area contributed by atoms with Crippen molar-refractivity contribution in [2.75, 3.05) is 0 Å². The molecule has 3 nitrogen and oxygen atoms in total. The quantitative estimate of drug-likeness (QED) is 0.798. The molecule has 2 rings (SSSR count). The SMILES string of the molecule is Cn1c(CCl)nnc1-c1cccc(F)c1Br. The fourth-order valence-electron chi connectivity index (χ4n) is 1.39. The van der Waals surface area contributed by atoms with E-state index >= 15 is 0 Å². The molecule has 0 spiro atoms.